The number of hydrogen-bond donors (Lipinski definition) is 3. The van der Waals surface area contributed by atoms with Crippen LogP contribution < -0.4 is 20.1 Å². The Kier molecular flexibility index (Phi) is 7.56. The maximum absolute atomic E-state index is 12.6. The van der Waals surface area contributed by atoms with E-state index in [1.54, 1.807) is 44.2 Å². The fourth-order valence-corrected chi connectivity index (χ4v) is 4.03. The van der Waals surface area contributed by atoms with Crippen LogP contribution in [0.5, 0.6) is 5.75 Å². The highest BCUT2D eigenvalue weighted by Gasteiger charge is 2.16. The molecule has 0 radical (unpaired) electrons. The van der Waals surface area contributed by atoms with Gasteiger partial charge in [-0.05, 0) is 87.6 Å². The zero-order valence-corrected chi connectivity index (χ0v) is 19.9. The van der Waals surface area contributed by atoms with E-state index in [-0.39, 0.29) is 21.9 Å². The lowest BCUT2D eigenvalue weighted by atomic mass is 10.2. The van der Waals surface area contributed by atoms with Crippen LogP contribution in [0.2, 0.25) is 0 Å². The van der Waals surface area contributed by atoms with E-state index in [1.807, 2.05) is 6.92 Å². The van der Waals surface area contributed by atoms with Gasteiger partial charge in [0.25, 0.3) is 15.9 Å². The van der Waals surface area contributed by atoms with Gasteiger partial charge in [0.15, 0.2) is 5.11 Å². The molecule has 0 aliphatic rings. The van der Waals surface area contributed by atoms with Gasteiger partial charge in [-0.2, -0.15) is 0 Å². The zero-order chi connectivity index (χ0) is 24.0. The molecule has 1 heterocycles. The number of thiocarbonyl (C=S) groups is 1. The number of carbonyl (C=O) groups excluding carboxylic acids is 1. The average Bonchev–Trinajstić information content (AvgIpc) is 2.73. The second kappa shape index (κ2) is 10.4. The molecule has 0 aliphatic carbocycles. The maximum atomic E-state index is 12.6. The monoisotopic (exact) mass is 485 g/mol. The Hall–Kier alpha value is -3.57. The SMILES string of the molecule is CCOc1ccc(C(=O)NC(=S)Nc2ccc(S(=O)(=O)Nc3nc(C)cc(C)n3)cc2)cc1. The largest absolute Gasteiger partial charge is 0.494 e. The highest BCUT2D eigenvalue weighted by atomic mass is 32.2. The predicted molar refractivity (Wildman–Crippen MR) is 130 cm³/mol. The molecule has 0 saturated heterocycles. The molecule has 0 atom stereocenters. The number of carbonyl (C=O) groups is 1. The first kappa shape index (κ1) is 24.1. The number of aryl methyl sites for hydroxylation is 2. The molecule has 3 aromatic rings. The molecule has 172 valence electrons. The second-order valence-electron chi connectivity index (χ2n) is 6.97. The smallest absolute Gasteiger partial charge is 0.264 e. The number of rotatable bonds is 7. The number of aromatic nitrogens is 2. The van der Waals surface area contributed by atoms with E-state index in [9.17, 15) is 13.2 Å². The third-order valence-corrected chi connectivity index (χ3v) is 5.83. The van der Waals surface area contributed by atoms with Crippen molar-refractivity contribution in [3.8, 4) is 5.75 Å². The summed E-state index contributed by atoms with van der Waals surface area (Å²) < 4.78 is 33.0. The quantitative estimate of drug-likeness (QED) is 0.435. The molecule has 0 spiro atoms. The van der Waals surface area contributed by atoms with E-state index in [1.165, 1.54) is 24.3 Å². The number of sulfonamides is 1. The van der Waals surface area contributed by atoms with Gasteiger partial charge < -0.3 is 10.1 Å². The summed E-state index contributed by atoms with van der Waals surface area (Å²) in [5.74, 6) is 0.295. The van der Waals surface area contributed by atoms with Gasteiger partial charge in [-0.15, -0.1) is 0 Å². The van der Waals surface area contributed by atoms with Gasteiger partial charge in [0.2, 0.25) is 5.95 Å². The van der Waals surface area contributed by atoms with E-state index in [0.717, 1.165) is 0 Å². The van der Waals surface area contributed by atoms with Crippen LogP contribution in [0.4, 0.5) is 11.6 Å². The van der Waals surface area contributed by atoms with Crippen molar-refractivity contribution in [3.05, 3.63) is 71.5 Å². The maximum Gasteiger partial charge on any atom is 0.264 e. The molecular weight excluding hydrogens is 462 g/mol. The normalized spacial score (nSPS) is 10.9. The lowest BCUT2D eigenvalue weighted by molar-refractivity contribution is 0.0977. The van der Waals surface area contributed by atoms with Gasteiger partial charge in [0.05, 0.1) is 11.5 Å². The van der Waals surface area contributed by atoms with Crippen molar-refractivity contribution in [3.63, 3.8) is 0 Å². The second-order valence-corrected chi connectivity index (χ2v) is 9.06. The lowest BCUT2D eigenvalue weighted by Crippen LogP contribution is -2.34. The predicted octanol–water partition coefficient (Wildman–Crippen LogP) is 3.42. The Balaban J connectivity index is 1.61. The van der Waals surface area contributed by atoms with Crippen molar-refractivity contribution in [1.29, 1.82) is 0 Å². The number of hydrogen-bond acceptors (Lipinski definition) is 7. The highest BCUT2D eigenvalue weighted by Crippen LogP contribution is 2.17. The summed E-state index contributed by atoms with van der Waals surface area (Å²) in [7, 11) is -3.87. The number of nitrogens with one attached hydrogen (secondary N) is 3. The molecule has 0 bridgehead atoms. The topological polar surface area (TPSA) is 122 Å². The van der Waals surface area contributed by atoms with Gasteiger partial charge >= 0.3 is 0 Å². The Morgan fingerprint density at radius 2 is 1.61 bits per heavy atom. The number of benzene rings is 2. The molecule has 2 aromatic carbocycles. The Labute approximate surface area is 197 Å². The summed E-state index contributed by atoms with van der Waals surface area (Å²) in [4.78, 5) is 20.6. The Morgan fingerprint density at radius 1 is 1.00 bits per heavy atom. The third-order valence-electron chi connectivity index (χ3n) is 4.28. The fourth-order valence-electron chi connectivity index (χ4n) is 2.87. The number of ether oxygens (including phenoxy) is 1. The zero-order valence-electron chi connectivity index (χ0n) is 18.2. The van der Waals surface area contributed by atoms with Gasteiger partial charge in [-0.1, -0.05) is 0 Å². The van der Waals surface area contributed by atoms with Crippen molar-refractivity contribution in [2.24, 2.45) is 0 Å². The van der Waals surface area contributed by atoms with Gasteiger partial charge in [0, 0.05) is 22.6 Å². The van der Waals surface area contributed by atoms with Crippen molar-refractivity contribution >= 4 is 44.9 Å². The van der Waals surface area contributed by atoms with Gasteiger partial charge in [0.1, 0.15) is 5.75 Å². The van der Waals surface area contributed by atoms with Crippen LogP contribution in [0.3, 0.4) is 0 Å². The van der Waals surface area contributed by atoms with E-state index in [0.29, 0.717) is 35.0 Å². The Bertz CT molecular complexity index is 1240. The van der Waals surface area contributed by atoms with Gasteiger partial charge in [-0.25, -0.2) is 23.1 Å². The standard InChI is InChI=1S/C22H23N5O4S2/c1-4-31-18-9-5-16(6-10-18)20(28)26-22(32)25-17-7-11-19(12-8-17)33(29,30)27-21-23-14(2)13-15(3)24-21/h5-13H,4H2,1-3H3,(H,23,24,27)(H2,25,26,28,32). The molecule has 3 N–H and O–H groups in total. The van der Waals surface area contributed by atoms with Crippen molar-refractivity contribution in [1.82, 2.24) is 15.3 Å². The summed E-state index contributed by atoms with van der Waals surface area (Å²) in [5, 5.41) is 5.51. The van der Waals surface area contributed by atoms with Crippen molar-refractivity contribution in [2.75, 3.05) is 16.6 Å². The lowest BCUT2D eigenvalue weighted by Gasteiger charge is -2.11. The van der Waals surface area contributed by atoms with Crippen molar-refractivity contribution in [2.45, 2.75) is 25.7 Å². The summed E-state index contributed by atoms with van der Waals surface area (Å²) in [6, 6.07) is 14.3. The Morgan fingerprint density at radius 3 is 2.18 bits per heavy atom. The minimum absolute atomic E-state index is 0.00730. The molecule has 0 fully saturated rings. The summed E-state index contributed by atoms with van der Waals surface area (Å²) in [6.45, 7) is 5.92. The van der Waals surface area contributed by atoms with Gasteiger partial charge in [-0.3, -0.25) is 10.1 Å². The van der Waals surface area contributed by atoms with E-state index >= 15 is 0 Å². The summed E-state index contributed by atoms with van der Waals surface area (Å²) in [5.41, 5.74) is 2.23. The number of anilines is 2. The summed E-state index contributed by atoms with van der Waals surface area (Å²) >= 11 is 5.18. The average molecular weight is 486 g/mol. The van der Waals surface area contributed by atoms with Crippen molar-refractivity contribution < 1.29 is 17.9 Å². The molecule has 1 amide bonds. The van der Waals surface area contributed by atoms with Crippen LogP contribution in [-0.2, 0) is 10.0 Å². The highest BCUT2D eigenvalue weighted by molar-refractivity contribution is 7.92. The van der Waals surface area contributed by atoms with Crippen LogP contribution in [0.15, 0.2) is 59.5 Å². The summed E-state index contributed by atoms with van der Waals surface area (Å²) in [6.07, 6.45) is 0. The van der Waals surface area contributed by atoms with Crippen LogP contribution in [0, 0.1) is 13.8 Å². The van der Waals surface area contributed by atoms with Crippen LogP contribution in [0.1, 0.15) is 28.7 Å². The minimum Gasteiger partial charge on any atom is -0.494 e. The minimum atomic E-state index is -3.87. The van der Waals surface area contributed by atoms with Crippen LogP contribution in [-0.4, -0.2) is 36.0 Å². The molecular formula is C22H23N5O4S2. The third kappa shape index (κ3) is 6.70. The first-order chi connectivity index (χ1) is 15.7. The molecule has 33 heavy (non-hydrogen) atoms. The number of amides is 1. The molecule has 0 unspecified atom stereocenters. The van der Waals surface area contributed by atoms with Crippen LogP contribution in [0.25, 0.3) is 0 Å². The molecule has 11 heteroatoms. The molecule has 9 nitrogen and oxygen atoms in total. The fraction of sp³-hybridized carbons (Fsp3) is 0.182. The van der Waals surface area contributed by atoms with E-state index in [4.69, 9.17) is 17.0 Å². The first-order valence-corrected chi connectivity index (χ1v) is 11.9. The molecule has 0 aliphatic heterocycles. The molecule has 0 saturated carbocycles. The van der Waals surface area contributed by atoms with E-state index < -0.39 is 10.0 Å². The van der Waals surface area contributed by atoms with E-state index in [2.05, 4.69) is 25.3 Å². The van der Waals surface area contributed by atoms with Crippen LogP contribution >= 0.6 is 12.2 Å². The first-order valence-electron chi connectivity index (χ1n) is 9.96. The molecule has 1 aromatic heterocycles. The molecule has 3 rings (SSSR count). The number of nitrogens with zero attached hydrogens (tertiary/aromatic N) is 2.